The van der Waals surface area contributed by atoms with Crippen molar-refractivity contribution in [3.8, 4) is 45.5 Å². The summed E-state index contributed by atoms with van der Waals surface area (Å²) in [6, 6.07) is 44.0. The number of para-hydroxylation sites is 2. The second-order valence-corrected chi connectivity index (χ2v) is 30.9. The average molecular weight is 1560 g/mol. The van der Waals surface area contributed by atoms with E-state index in [9.17, 15) is 60.3 Å². The van der Waals surface area contributed by atoms with Gasteiger partial charge < -0.3 is 55.5 Å². The minimum atomic E-state index is -4.47. The smallest absolute Gasteiger partial charge is 0.326 e. The van der Waals surface area contributed by atoms with Gasteiger partial charge >= 0.3 is 5.97 Å². The fourth-order valence-electron chi connectivity index (χ4n) is 13.9. The Balaban J connectivity index is 0.000000180. The Bertz CT molecular complexity index is 5130. The number of fused-ring (bicyclic) bond motifs is 6. The van der Waals surface area contributed by atoms with Gasteiger partial charge in [-0.05, 0) is 99.9 Å². The van der Waals surface area contributed by atoms with Crippen molar-refractivity contribution in [2.45, 2.75) is 136 Å². The van der Waals surface area contributed by atoms with Gasteiger partial charge in [0.15, 0.2) is 0 Å². The molecule has 27 nitrogen and oxygen atoms in total. The summed E-state index contributed by atoms with van der Waals surface area (Å²) >= 11 is 0. The summed E-state index contributed by atoms with van der Waals surface area (Å²) < 4.78 is 80.2. The monoisotopic (exact) mass is 1560 g/mol. The number of carboxylic acids is 1. The average Bonchev–Trinajstić information content (AvgIpc) is 1.57. The predicted molar refractivity (Wildman–Crippen MR) is 413 cm³/mol. The van der Waals surface area contributed by atoms with Crippen molar-refractivity contribution in [3.63, 3.8) is 0 Å². The molecule has 0 spiro atoms. The summed E-state index contributed by atoms with van der Waals surface area (Å²) in [6.45, 7) is 3.07. The number of likely N-dealkylation sites (tertiary alicyclic amines) is 2. The number of sulfonamides is 2. The maximum Gasteiger partial charge on any atom is 0.326 e. The molecule has 576 valence electrons. The van der Waals surface area contributed by atoms with Crippen LogP contribution in [0, 0.1) is 11.8 Å². The Labute approximate surface area is 642 Å². The molecule has 6 aromatic carbocycles. The van der Waals surface area contributed by atoms with E-state index in [4.69, 9.17) is 34.6 Å². The highest BCUT2D eigenvalue weighted by molar-refractivity contribution is 7.90. The Morgan fingerprint density at radius 2 is 0.991 bits per heavy atom. The van der Waals surface area contributed by atoms with Crippen LogP contribution in [0.3, 0.4) is 0 Å². The van der Waals surface area contributed by atoms with E-state index >= 15 is 0 Å². The number of ether oxygens (including phenoxy) is 4. The highest BCUT2D eigenvalue weighted by Crippen LogP contribution is 2.47. The number of hydrogen-bond donors (Lipinski definition) is 7. The molecule has 30 heteroatoms. The van der Waals surface area contributed by atoms with Crippen LogP contribution in [-0.4, -0.2) is 152 Å². The van der Waals surface area contributed by atoms with Crippen LogP contribution in [0.1, 0.15) is 90.9 Å². The third kappa shape index (κ3) is 18.4. The molecular formula is C80H85ClN10O17S2. The number of carbonyl (C=O) groups is 8. The molecule has 8 aromatic rings. The van der Waals surface area contributed by atoms with Gasteiger partial charge in [0.2, 0.25) is 29.5 Å². The molecule has 14 rings (SSSR count). The number of rotatable bonds is 11. The van der Waals surface area contributed by atoms with E-state index in [1.165, 1.54) is 60.0 Å². The van der Waals surface area contributed by atoms with Crippen molar-refractivity contribution in [1.29, 1.82) is 0 Å². The number of nitrogens with zero attached hydrogens (tertiary/aromatic N) is 4. The summed E-state index contributed by atoms with van der Waals surface area (Å²) in [7, 11) is -5.43. The number of nitrogens with two attached hydrogens (primary N) is 1. The largest absolute Gasteiger partial charge is 0.497 e. The van der Waals surface area contributed by atoms with Gasteiger partial charge in [-0.3, -0.25) is 33.6 Å². The fraction of sp³-hybridized carbons (Fsp3) is 0.325. The maximum atomic E-state index is 14.2. The van der Waals surface area contributed by atoms with Gasteiger partial charge in [0.05, 0.1) is 61.1 Å². The second-order valence-electron chi connectivity index (χ2n) is 27.6. The summed E-state index contributed by atoms with van der Waals surface area (Å²) in [5.74, 6) is -2.71. The number of aromatic nitrogens is 2. The molecule has 2 aliphatic carbocycles. The third-order valence-corrected chi connectivity index (χ3v) is 22.8. The highest BCUT2D eigenvalue weighted by Gasteiger charge is 2.62. The van der Waals surface area contributed by atoms with Gasteiger partial charge in [0, 0.05) is 97.5 Å². The van der Waals surface area contributed by atoms with Crippen LogP contribution in [-0.2, 0) is 58.4 Å². The zero-order chi connectivity index (χ0) is 77.4. The lowest BCUT2D eigenvalue weighted by atomic mass is 10.1. The summed E-state index contributed by atoms with van der Waals surface area (Å²) in [6.07, 6.45) is 12.1. The van der Waals surface area contributed by atoms with Gasteiger partial charge in [-0.2, -0.15) is 0 Å². The molecule has 6 heterocycles. The van der Waals surface area contributed by atoms with E-state index in [-0.39, 0.29) is 102 Å². The van der Waals surface area contributed by atoms with E-state index in [2.05, 4.69) is 25.4 Å². The second kappa shape index (κ2) is 34.1. The molecule has 0 bridgehead atoms. The Hall–Kier alpha value is -11.3. The van der Waals surface area contributed by atoms with Gasteiger partial charge in [-0.1, -0.05) is 109 Å². The molecule has 2 aromatic heterocycles. The Kier molecular flexibility index (Phi) is 24.7. The van der Waals surface area contributed by atoms with E-state index in [0.29, 0.717) is 78.3 Å². The topological polar surface area (TPSA) is 380 Å². The van der Waals surface area contributed by atoms with Crippen LogP contribution in [0.2, 0.25) is 0 Å². The van der Waals surface area contributed by atoms with E-state index < -0.39 is 85.0 Å². The van der Waals surface area contributed by atoms with Gasteiger partial charge in [0.25, 0.3) is 31.9 Å². The minimum absolute atomic E-state index is 0. The van der Waals surface area contributed by atoms with Crippen molar-refractivity contribution in [2.75, 3.05) is 37.9 Å². The molecule has 8 atom stereocenters. The molecule has 7 amide bonds. The number of carboxylic acid groups (broad SMARTS) is 1. The zero-order valence-corrected chi connectivity index (χ0v) is 63.2. The van der Waals surface area contributed by atoms with E-state index in [1.807, 2.05) is 121 Å². The van der Waals surface area contributed by atoms with Crippen LogP contribution < -0.4 is 50.1 Å². The van der Waals surface area contributed by atoms with E-state index in [1.54, 1.807) is 38.5 Å². The highest BCUT2D eigenvalue weighted by atomic mass is 35.5. The van der Waals surface area contributed by atoms with Crippen LogP contribution in [0.15, 0.2) is 192 Å². The van der Waals surface area contributed by atoms with Crippen molar-refractivity contribution in [2.24, 2.45) is 17.6 Å². The fourth-order valence-corrected chi connectivity index (χ4v) is 16.3. The molecule has 4 aliphatic heterocycles. The van der Waals surface area contributed by atoms with Gasteiger partial charge in [0.1, 0.15) is 68.2 Å². The van der Waals surface area contributed by atoms with Crippen molar-refractivity contribution in [3.05, 3.63) is 182 Å². The number of benzene rings is 6. The number of nitrogens with one attached hydrogen (secondary N) is 5. The summed E-state index contributed by atoms with van der Waals surface area (Å²) in [5.41, 5.74) is 8.05. The van der Waals surface area contributed by atoms with Crippen LogP contribution in [0.4, 0.5) is 11.4 Å². The first kappa shape index (κ1) is 79.8. The number of anilines is 2. The molecule has 6 aliphatic rings. The molecule has 4 fully saturated rings. The number of pyridine rings is 2. The molecule has 110 heavy (non-hydrogen) atoms. The lowest BCUT2D eigenvalue weighted by Crippen LogP contribution is -2.56. The molecule has 2 saturated heterocycles. The van der Waals surface area contributed by atoms with Crippen LogP contribution in [0.5, 0.6) is 23.0 Å². The first-order valence-electron chi connectivity index (χ1n) is 35.8. The maximum absolute atomic E-state index is 14.2. The van der Waals surface area contributed by atoms with Gasteiger partial charge in [-0.15, -0.1) is 12.4 Å². The minimum Gasteiger partial charge on any atom is -0.497 e. The van der Waals surface area contributed by atoms with Crippen molar-refractivity contribution in [1.82, 2.24) is 34.5 Å². The molecule has 2 saturated carbocycles. The third-order valence-electron chi connectivity index (χ3n) is 20.0. The quantitative estimate of drug-likeness (QED) is 0.0592. The van der Waals surface area contributed by atoms with Crippen molar-refractivity contribution < 1.29 is 79.2 Å². The number of allylic oxidation sites excluding steroid dienone is 2. The Morgan fingerprint density at radius 3 is 1.45 bits per heavy atom. The molecule has 0 unspecified atom stereocenters. The summed E-state index contributed by atoms with van der Waals surface area (Å²) in [5, 5.41) is 19.1. The number of carbonyl (C=O) groups excluding carboxylic acids is 7. The molecule has 0 radical (unpaired) electrons. The van der Waals surface area contributed by atoms with E-state index in [0.717, 1.165) is 40.4 Å². The van der Waals surface area contributed by atoms with Crippen LogP contribution >= 0.6 is 12.4 Å². The first-order valence-corrected chi connectivity index (χ1v) is 38.8. The zero-order valence-electron chi connectivity index (χ0n) is 60.8. The molecular weight excluding hydrogens is 1470 g/mol. The van der Waals surface area contributed by atoms with Crippen molar-refractivity contribution >= 4 is 113 Å². The number of halogens is 1. The van der Waals surface area contributed by atoms with Gasteiger partial charge in [-0.25, -0.2) is 41.0 Å². The summed E-state index contributed by atoms with van der Waals surface area (Å²) in [4.78, 5) is 113. The lowest BCUT2D eigenvalue weighted by Gasteiger charge is -2.25. The number of aliphatic carboxylic acids is 1. The predicted octanol–water partition coefficient (Wildman–Crippen LogP) is 9.79. The molecule has 8 N–H and O–H groups in total. The number of methoxy groups -OCH3 is 2. The SMILES string of the molecule is COc1ccc2c(O[C@@H]3C[C@@H](C(=O)N[C@]45C[C@H]4/C=C\CCCCC(=O)Nc4ccccc4S(=O)(=O)NC5=O)N(C(C)=O)C3)cc(-c3ccccc3)nc2c1.COc1ccc2c(O[C@@H]3C[C@@H](C(=O)O)N(C(C)=O)C3)cc(-c3ccccc3)nc2c1.Cl.N[C@]12C[C@H]1/C=C\CCCCC(=O)Nc1ccccc1S(=O)(=O)NC2=O. The lowest BCUT2D eigenvalue weighted by molar-refractivity contribution is -0.147. The Morgan fingerprint density at radius 1 is 0.555 bits per heavy atom. The standard InChI is InChI=1S/C40H41N5O8S.C23H22N2O5.C17H21N3O4S.ClH/c1-25(46)45-24-29(53-35-22-32(26-12-6-5-7-13-26)41-33-20-28(52-2)18-19-30(33)35)21-34(45)38(48)43-40-23-27(40)14-8-3-4-9-17-37(47)42-31-15-10-11-16-36(31)54(50,51)44-39(40)49;1-14(26)25-13-17(11-21(25)23(27)28)30-22-12-19(15-6-4-3-5-7-15)24-20-10-16(29-2)8-9-18(20)22;18-17-11-12(17)7-3-1-2-4-10-15(21)19-13-8-5-6-9-14(13)25(23,24)20-16(17)22;/h5-8,10-16,18-20,22,27,29,34H,3-4,9,17,21,23-24H2,1-2H3,(H,42,47)(H,43,48)(H,44,49);3-10,12,17,21H,11,13H2,1-2H3,(H,27,28);3,5-9,12H,1-2,4,10-11,18H2,(H,19,21)(H,20,22);1H/b14-8-;;7-3-;/t27-,29-,34+,40-;17-,21+;12-,17-;/m111./s1. The first-order chi connectivity index (χ1) is 52.3. The number of amides is 7. The number of hydrogen-bond acceptors (Lipinski definition) is 19. The van der Waals surface area contributed by atoms with Crippen LogP contribution in [0.25, 0.3) is 44.3 Å². The normalized spacial score (nSPS) is 23.9.